The van der Waals surface area contributed by atoms with Gasteiger partial charge in [-0.1, -0.05) is 0 Å². The van der Waals surface area contributed by atoms with E-state index in [1.54, 1.807) is 21.0 Å². The molecule has 120 valence electrons. The molecule has 0 aliphatic rings. The molecule has 0 aromatic rings. The minimum absolute atomic E-state index is 0.0842. The van der Waals surface area contributed by atoms with Gasteiger partial charge in [0, 0.05) is 14.2 Å². The molecule has 0 spiro atoms. The smallest absolute Gasteiger partial charge is 0.438 e. The maximum atomic E-state index is 10.4. The summed E-state index contributed by atoms with van der Waals surface area (Å²) < 4.78 is 27.2. The summed E-state index contributed by atoms with van der Waals surface area (Å²) in [5.74, 6) is 0. The van der Waals surface area contributed by atoms with Gasteiger partial charge in [-0.3, -0.25) is 0 Å². The van der Waals surface area contributed by atoms with E-state index in [4.69, 9.17) is 9.47 Å². The molecule has 0 radical (unpaired) electrons. The van der Waals surface area contributed by atoms with Gasteiger partial charge >= 0.3 is 12.3 Å². The van der Waals surface area contributed by atoms with Crippen molar-refractivity contribution in [2.24, 2.45) is 0 Å². The van der Waals surface area contributed by atoms with E-state index >= 15 is 0 Å². The third-order valence-corrected chi connectivity index (χ3v) is 1.87. The highest BCUT2D eigenvalue weighted by Crippen LogP contribution is 1.93. The molecule has 0 bridgehead atoms. The molecular weight excluding hydrogens is 272 g/mol. The van der Waals surface area contributed by atoms with Gasteiger partial charge in [0.1, 0.15) is 12.7 Å². The van der Waals surface area contributed by atoms with E-state index in [0.717, 1.165) is 0 Å². The average Bonchev–Trinajstić information content (AvgIpc) is 2.44. The van der Waals surface area contributed by atoms with Crippen LogP contribution >= 0.6 is 0 Å². The fourth-order valence-corrected chi connectivity index (χ4v) is 0.793. The van der Waals surface area contributed by atoms with Crippen molar-refractivity contribution >= 4 is 12.3 Å². The summed E-state index contributed by atoms with van der Waals surface area (Å²) in [4.78, 5) is 20.7. The van der Waals surface area contributed by atoms with Gasteiger partial charge in [-0.15, -0.1) is 0 Å². The molecule has 0 saturated heterocycles. The zero-order chi connectivity index (χ0) is 16.0. The summed E-state index contributed by atoms with van der Waals surface area (Å²) in [6, 6.07) is 0. The summed E-state index contributed by atoms with van der Waals surface area (Å²) in [6.45, 7) is 4.13. The summed E-state index contributed by atoms with van der Waals surface area (Å²) in [5.41, 5.74) is 0. The molecule has 0 N–H and O–H groups in total. The number of carbonyl (C=O) groups is 2. The molecule has 0 heterocycles. The second kappa shape index (κ2) is 13.9. The Hall–Kier alpha value is -1.54. The molecule has 0 aliphatic carbocycles. The lowest BCUT2D eigenvalue weighted by molar-refractivity contribution is 0.0106. The zero-order valence-electron chi connectivity index (χ0n) is 12.8. The van der Waals surface area contributed by atoms with E-state index in [-0.39, 0.29) is 18.8 Å². The number of methoxy groups -OCH3 is 4. The first-order valence-corrected chi connectivity index (χ1v) is 5.88. The minimum atomic E-state index is -0.677. The molecule has 0 rings (SSSR count). The number of ether oxygens (including phenoxy) is 6. The molecule has 0 aromatic carbocycles. The number of carbonyl (C=O) groups excluding carboxylic acids is 2. The van der Waals surface area contributed by atoms with E-state index in [1.165, 1.54) is 21.3 Å². The minimum Gasteiger partial charge on any atom is -0.438 e. The number of hydrogen-bond donors (Lipinski definition) is 0. The van der Waals surface area contributed by atoms with Crippen LogP contribution in [0.2, 0.25) is 0 Å². The highest BCUT2D eigenvalue weighted by atomic mass is 16.7. The zero-order valence-corrected chi connectivity index (χ0v) is 12.8. The lowest BCUT2D eigenvalue weighted by Gasteiger charge is -2.09. The van der Waals surface area contributed by atoms with E-state index in [9.17, 15) is 9.59 Å². The normalized spacial score (nSPS) is 12.3. The van der Waals surface area contributed by atoms with Crippen molar-refractivity contribution in [3.8, 4) is 0 Å². The third kappa shape index (κ3) is 14.5. The van der Waals surface area contributed by atoms with Crippen molar-refractivity contribution in [3.63, 3.8) is 0 Å². The van der Waals surface area contributed by atoms with Crippen molar-refractivity contribution in [1.29, 1.82) is 0 Å². The molecule has 8 heteroatoms. The molecule has 0 saturated carbocycles. The molecule has 0 fully saturated rings. The Kier molecular flexibility index (Phi) is 14.4. The van der Waals surface area contributed by atoms with Crippen molar-refractivity contribution in [3.05, 3.63) is 0 Å². The molecule has 0 aliphatic heterocycles. The van der Waals surface area contributed by atoms with E-state index < -0.39 is 12.3 Å². The SMILES string of the molecule is COC(=O)OCC(C)OC.COCC(C)OC(=O)OC. The molecule has 0 aromatic heterocycles. The molecular formula is C12H24O8. The van der Waals surface area contributed by atoms with Crippen LogP contribution in [0.3, 0.4) is 0 Å². The van der Waals surface area contributed by atoms with Gasteiger partial charge in [0.05, 0.1) is 26.9 Å². The fraction of sp³-hybridized carbons (Fsp3) is 0.833. The Morgan fingerprint density at radius 2 is 1.40 bits per heavy atom. The first-order chi connectivity index (χ1) is 9.40. The van der Waals surface area contributed by atoms with Crippen LogP contribution in [0.5, 0.6) is 0 Å². The Morgan fingerprint density at radius 1 is 0.850 bits per heavy atom. The Morgan fingerprint density at radius 3 is 1.80 bits per heavy atom. The van der Waals surface area contributed by atoms with Crippen LogP contribution < -0.4 is 0 Å². The topological polar surface area (TPSA) is 89.5 Å². The Bertz CT molecular complexity index is 256. The van der Waals surface area contributed by atoms with Crippen LogP contribution in [0.4, 0.5) is 9.59 Å². The standard InChI is InChI=1S/2C6H12O4/c1-5(8-2)4-10-6(7)9-3;1-5(4-8-2)10-6(7)9-3/h2*5H,4H2,1-3H3. The largest absolute Gasteiger partial charge is 0.508 e. The molecule has 2 unspecified atom stereocenters. The maximum absolute atomic E-state index is 10.4. The third-order valence-electron chi connectivity index (χ3n) is 1.87. The second-order valence-electron chi connectivity index (χ2n) is 3.65. The monoisotopic (exact) mass is 296 g/mol. The van der Waals surface area contributed by atoms with Gasteiger partial charge < -0.3 is 28.4 Å². The number of rotatable bonds is 6. The average molecular weight is 296 g/mol. The van der Waals surface area contributed by atoms with Crippen LogP contribution in [0.15, 0.2) is 0 Å². The van der Waals surface area contributed by atoms with Crippen LogP contribution in [-0.2, 0) is 28.4 Å². The van der Waals surface area contributed by atoms with E-state index in [0.29, 0.717) is 6.61 Å². The van der Waals surface area contributed by atoms with Crippen molar-refractivity contribution < 1.29 is 38.0 Å². The van der Waals surface area contributed by atoms with Gasteiger partial charge in [0.25, 0.3) is 0 Å². The maximum Gasteiger partial charge on any atom is 0.508 e. The summed E-state index contributed by atoms with van der Waals surface area (Å²) in [7, 11) is 5.62. The van der Waals surface area contributed by atoms with Crippen molar-refractivity contribution in [2.75, 3.05) is 41.7 Å². The summed E-state index contributed by atoms with van der Waals surface area (Å²) in [6.07, 6.45) is -1.69. The Labute approximate surface area is 119 Å². The fourth-order valence-electron chi connectivity index (χ4n) is 0.793. The van der Waals surface area contributed by atoms with Crippen LogP contribution in [0, 0.1) is 0 Å². The van der Waals surface area contributed by atoms with Gasteiger partial charge in [-0.25, -0.2) is 9.59 Å². The number of hydrogen-bond acceptors (Lipinski definition) is 8. The second-order valence-corrected chi connectivity index (χ2v) is 3.65. The highest BCUT2D eigenvalue weighted by molar-refractivity contribution is 5.59. The van der Waals surface area contributed by atoms with Gasteiger partial charge in [0.2, 0.25) is 0 Å². The quantitative estimate of drug-likeness (QED) is 0.683. The lowest BCUT2D eigenvalue weighted by Crippen LogP contribution is -2.19. The molecule has 2 atom stereocenters. The lowest BCUT2D eigenvalue weighted by atomic mass is 10.4. The van der Waals surface area contributed by atoms with Crippen LogP contribution in [-0.4, -0.2) is 66.2 Å². The van der Waals surface area contributed by atoms with E-state index in [1.807, 2.05) is 0 Å². The van der Waals surface area contributed by atoms with Gasteiger partial charge in [-0.2, -0.15) is 0 Å². The predicted molar refractivity (Wildman–Crippen MR) is 69.7 cm³/mol. The molecule has 20 heavy (non-hydrogen) atoms. The van der Waals surface area contributed by atoms with Crippen LogP contribution in [0.1, 0.15) is 13.8 Å². The van der Waals surface area contributed by atoms with Crippen LogP contribution in [0.25, 0.3) is 0 Å². The predicted octanol–water partition coefficient (Wildman–Crippen LogP) is 1.61. The first-order valence-electron chi connectivity index (χ1n) is 5.88. The van der Waals surface area contributed by atoms with Crippen molar-refractivity contribution in [1.82, 2.24) is 0 Å². The van der Waals surface area contributed by atoms with E-state index in [2.05, 4.69) is 18.9 Å². The van der Waals surface area contributed by atoms with Gasteiger partial charge in [0.15, 0.2) is 0 Å². The van der Waals surface area contributed by atoms with Crippen molar-refractivity contribution in [2.45, 2.75) is 26.1 Å². The Balaban J connectivity index is 0. The molecule has 0 amide bonds. The molecule has 8 nitrogen and oxygen atoms in total. The summed E-state index contributed by atoms with van der Waals surface area (Å²) in [5, 5.41) is 0. The summed E-state index contributed by atoms with van der Waals surface area (Å²) >= 11 is 0. The first kappa shape index (κ1) is 20.8. The highest BCUT2D eigenvalue weighted by Gasteiger charge is 2.07. The van der Waals surface area contributed by atoms with Gasteiger partial charge in [-0.05, 0) is 13.8 Å².